The largest absolute Gasteiger partial charge is 0.408 e. The number of nitrogens with one attached hydrogen (secondary N) is 1. The second kappa shape index (κ2) is 5.16. The average Bonchev–Trinajstić information content (AvgIpc) is 2.50. The SMILES string of the molecule is CNCCCc1cnn(CC(F)(F)F)c1. The summed E-state index contributed by atoms with van der Waals surface area (Å²) in [6.45, 7) is -0.163. The van der Waals surface area contributed by atoms with E-state index >= 15 is 0 Å². The highest BCUT2D eigenvalue weighted by Crippen LogP contribution is 2.17. The molecule has 6 heteroatoms. The summed E-state index contributed by atoms with van der Waals surface area (Å²) in [5.74, 6) is 0. The molecule has 1 rings (SSSR count). The van der Waals surface area contributed by atoms with Crippen LogP contribution in [0.5, 0.6) is 0 Å². The van der Waals surface area contributed by atoms with Crippen LogP contribution < -0.4 is 5.32 Å². The molecule has 15 heavy (non-hydrogen) atoms. The van der Waals surface area contributed by atoms with E-state index in [9.17, 15) is 13.2 Å². The van der Waals surface area contributed by atoms with Crippen molar-refractivity contribution in [3.8, 4) is 0 Å². The van der Waals surface area contributed by atoms with Gasteiger partial charge >= 0.3 is 6.18 Å². The van der Waals surface area contributed by atoms with Crippen LogP contribution in [-0.4, -0.2) is 29.5 Å². The molecule has 0 saturated carbocycles. The second-order valence-electron chi connectivity index (χ2n) is 3.37. The van der Waals surface area contributed by atoms with Crippen molar-refractivity contribution in [1.82, 2.24) is 15.1 Å². The van der Waals surface area contributed by atoms with Crippen LogP contribution in [0.1, 0.15) is 12.0 Å². The zero-order valence-electron chi connectivity index (χ0n) is 8.51. The average molecular weight is 221 g/mol. The molecule has 1 heterocycles. The van der Waals surface area contributed by atoms with Crippen molar-refractivity contribution in [3.05, 3.63) is 18.0 Å². The van der Waals surface area contributed by atoms with Gasteiger partial charge in [0, 0.05) is 6.20 Å². The first-order valence-electron chi connectivity index (χ1n) is 4.74. The number of halogens is 3. The van der Waals surface area contributed by atoms with Crippen molar-refractivity contribution in [2.24, 2.45) is 0 Å². The van der Waals surface area contributed by atoms with E-state index in [0.717, 1.165) is 29.6 Å². The highest BCUT2D eigenvalue weighted by atomic mass is 19.4. The predicted octanol–water partition coefficient (Wildman–Crippen LogP) is 1.60. The fraction of sp³-hybridized carbons (Fsp3) is 0.667. The summed E-state index contributed by atoms with van der Waals surface area (Å²) in [6, 6.07) is 0. The number of hydrogen-bond acceptors (Lipinski definition) is 2. The maximum Gasteiger partial charge on any atom is 0.408 e. The van der Waals surface area contributed by atoms with E-state index in [1.165, 1.54) is 12.4 Å². The highest BCUT2D eigenvalue weighted by molar-refractivity contribution is 5.03. The van der Waals surface area contributed by atoms with Gasteiger partial charge < -0.3 is 5.32 Å². The minimum absolute atomic E-state index is 0.749. The molecule has 1 N–H and O–H groups in total. The molecule has 0 aliphatic carbocycles. The molecule has 0 aromatic carbocycles. The molecule has 0 aliphatic rings. The molecule has 0 atom stereocenters. The number of aromatic nitrogens is 2. The van der Waals surface area contributed by atoms with Gasteiger partial charge in [-0.3, -0.25) is 4.68 Å². The Labute approximate surface area is 86.3 Å². The Morgan fingerprint density at radius 2 is 2.20 bits per heavy atom. The Balaban J connectivity index is 2.42. The van der Waals surface area contributed by atoms with Crippen LogP contribution in [0.25, 0.3) is 0 Å². The maximum absolute atomic E-state index is 12.0. The van der Waals surface area contributed by atoms with Gasteiger partial charge in [0.25, 0.3) is 0 Å². The number of alkyl halides is 3. The molecule has 3 nitrogen and oxygen atoms in total. The van der Waals surface area contributed by atoms with Gasteiger partial charge in [0.2, 0.25) is 0 Å². The highest BCUT2D eigenvalue weighted by Gasteiger charge is 2.28. The quantitative estimate of drug-likeness (QED) is 0.765. The Morgan fingerprint density at radius 3 is 2.80 bits per heavy atom. The zero-order valence-corrected chi connectivity index (χ0v) is 8.51. The summed E-state index contributed by atoms with van der Waals surface area (Å²) in [5, 5.41) is 6.63. The molecule has 0 unspecified atom stereocenters. The Kier molecular flexibility index (Phi) is 4.14. The van der Waals surface area contributed by atoms with Gasteiger partial charge in [0.1, 0.15) is 6.54 Å². The lowest BCUT2D eigenvalue weighted by Gasteiger charge is -2.05. The molecule has 1 aromatic heterocycles. The summed E-state index contributed by atoms with van der Waals surface area (Å²) in [4.78, 5) is 0. The molecule has 0 bridgehead atoms. The second-order valence-corrected chi connectivity index (χ2v) is 3.37. The minimum atomic E-state index is -4.20. The topological polar surface area (TPSA) is 29.9 Å². The molecule has 0 spiro atoms. The number of hydrogen-bond donors (Lipinski definition) is 1. The van der Waals surface area contributed by atoms with Crippen LogP contribution in [-0.2, 0) is 13.0 Å². The normalized spacial score (nSPS) is 12.0. The standard InChI is InChI=1S/C9H14F3N3/c1-13-4-2-3-8-5-14-15(6-8)7-9(10,11)12/h5-6,13H,2-4,7H2,1H3. The predicted molar refractivity (Wildman–Crippen MR) is 50.5 cm³/mol. The first-order valence-corrected chi connectivity index (χ1v) is 4.74. The lowest BCUT2D eigenvalue weighted by molar-refractivity contribution is -0.142. The van der Waals surface area contributed by atoms with E-state index in [-0.39, 0.29) is 0 Å². The van der Waals surface area contributed by atoms with Crippen LogP contribution in [0.2, 0.25) is 0 Å². The third-order valence-corrected chi connectivity index (χ3v) is 1.92. The molecule has 0 amide bonds. The van der Waals surface area contributed by atoms with Gasteiger partial charge in [-0.1, -0.05) is 0 Å². The van der Waals surface area contributed by atoms with Gasteiger partial charge in [-0.15, -0.1) is 0 Å². The molecule has 0 radical (unpaired) electrons. The van der Waals surface area contributed by atoms with Crippen LogP contribution in [0.15, 0.2) is 12.4 Å². The van der Waals surface area contributed by atoms with Gasteiger partial charge in [0.15, 0.2) is 0 Å². The van der Waals surface area contributed by atoms with Crippen LogP contribution in [0, 0.1) is 0 Å². The monoisotopic (exact) mass is 221 g/mol. The van der Waals surface area contributed by atoms with Gasteiger partial charge in [-0.05, 0) is 32.0 Å². The smallest absolute Gasteiger partial charge is 0.320 e. The van der Waals surface area contributed by atoms with Gasteiger partial charge in [-0.25, -0.2) is 0 Å². The van der Waals surface area contributed by atoms with E-state index < -0.39 is 12.7 Å². The van der Waals surface area contributed by atoms with Crippen molar-refractivity contribution < 1.29 is 13.2 Å². The zero-order chi connectivity index (χ0) is 11.3. The summed E-state index contributed by atoms with van der Waals surface area (Å²) in [7, 11) is 1.84. The first-order chi connectivity index (χ1) is 7.01. The molecule has 86 valence electrons. The Bertz CT molecular complexity index is 293. The van der Waals surface area contributed by atoms with E-state index in [1.54, 1.807) is 0 Å². The van der Waals surface area contributed by atoms with Gasteiger partial charge in [0.05, 0.1) is 6.20 Å². The van der Waals surface area contributed by atoms with E-state index in [1.807, 2.05) is 7.05 Å². The van der Waals surface area contributed by atoms with Crippen LogP contribution in [0.3, 0.4) is 0 Å². The van der Waals surface area contributed by atoms with Crippen molar-refractivity contribution in [3.63, 3.8) is 0 Å². The summed E-state index contributed by atoms with van der Waals surface area (Å²) in [5.41, 5.74) is 0.842. The van der Waals surface area contributed by atoms with E-state index in [0.29, 0.717) is 0 Å². The lowest BCUT2D eigenvalue weighted by atomic mass is 10.2. The molecule has 0 aliphatic heterocycles. The lowest BCUT2D eigenvalue weighted by Crippen LogP contribution is -2.17. The van der Waals surface area contributed by atoms with Crippen molar-refractivity contribution in [2.75, 3.05) is 13.6 Å². The van der Waals surface area contributed by atoms with Crippen LogP contribution in [0.4, 0.5) is 13.2 Å². The fourth-order valence-corrected chi connectivity index (χ4v) is 1.27. The van der Waals surface area contributed by atoms with Crippen molar-refractivity contribution in [1.29, 1.82) is 0 Å². The van der Waals surface area contributed by atoms with E-state index in [4.69, 9.17) is 0 Å². The number of nitrogens with zero attached hydrogens (tertiary/aromatic N) is 2. The van der Waals surface area contributed by atoms with Crippen molar-refractivity contribution >= 4 is 0 Å². The third-order valence-electron chi connectivity index (χ3n) is 1.92. The van der Waals surface area contributed by atoms with E-state index in [2.05, 4.69) is 10.4 Å². The summed E-state index contributed by atoms with van der Waals surface area (Å²) >= 11 is 0. The molecule has 1 aromatic rings. The summed E-state index contributed by atoms with van der Waals surface area (Å²) < 4.78 is 36.9. The molecule has 0 fully saturated rings. The summed E-state index contributed by atoms with van der Waals surface area (Å²) in [6.07, 6.45) is 0.381. The Morgan fingerprint density at radius 1 is 1.47 bits per heavy atom. The number of aryl methyl sites for hydroxylation is 1. The molecular weight excluding hydrogens is 207 g/mol. The molecule has 0 saturated heterocycles. The Hall–Kier alpha value is -1.04. The first kappa shape index (κ1) is 12.0. The van der Waals surface area contributed by atoms with Gasteiger partial charge in [-0.2, -0.15) is 18.3 Å². The minimum Gasteiger partial charge on any atom is -0.320 e. The number of rotatable bonds is 5. The third kappa shape index (κ3) is 4.83. The van der Waals surface area contributed by atoms with Crippen LogP contribution >= 0.6 is 0 Å². The van der Waals surface area contributed by atoms with Crippen molar-refractivity contribution in [2.45, 2.75) is 25.6 Å². The fourth-order valence-electron chi connectivity index (χ4n) is 1.27. The molecular formula is C9H14F3N3. The maximum atomic E-state index is 12.0.